The highest BCUT2D eigenvalue weighted by Gasteiger charge is 2.49. The Morgan fingerprint density at radius 1 is 0.939 bits per heavy atom. The van der Waals surface area contributed by atoms with Gasteiger partial charge in [-0.25, -0.2) is 0 Å². The second kappa shape index (κ2) is 13.0. The Balaban J connectivity index is 1.72. The van der Waals surface area contributed by atoms with Crippen LogP contribution < -0.4 is 0 Å². The number of aliphatic hydroxyl groups excluding tert-OH is 1. The van der Waals surface area contributed by atoms with Crippen molar-refractivity contribution >= 4 is 23.2 Å². The zero-order valence-corrected chi connectivity index (χ0v) is 20.7. The van der Waals surface area contributed by atoms with E-state index in [0.29, 0.717) is 29.9 Å². The molecule has 0 aliphatic carbocycles. The third kappa shape index (κ3) is 7.91. The Labute approximate surface area is 205 Å². The van der Waals surface area contributed by atoms with Crippen molar-refractivity contribution in [3.05, 3.63) is 69.7 Å². The summed E-state index contributed by atoms with van der Waals surface area (Å²) in [7, 11) is 0. The minimum atomic E-state index is -0.935. The molecule has 0 radical (unpaired) electrons. The molecule has 1 aliphatic rings. The maximum atomic E-state index is 10.8. The van der Waals surface area contributed by atoms with E-state index in [1.165, 1.54) is 0 Å². The predicted molar refractivity (Wildman–Crippen MR) is 127 cm³/mol. The van der Waals surface area contributed by atoms with E-state index >= 15 is 0 Å². The molecule has 2 unspecified atom stereocenters. The molecule has 33 heavy (non-hydrogen) atoms. The van der Waals surface area contributed by atoms with Gasteiger partial charge in [-0.15, -0.1) is 0 Å². The Kier molecular flexibility index (Phi) is 10.4. The van der Waals surface area contributed by atoms with Gasteiger partial charge in [0.1, 0.15) is 24.4 Å². The normalized spacial score (nSPS) is 23.8. The highest BCUT2D eigenvalue weighted by Crippen LogP contribution is 2.30. The predicted octanol–water partition coefficient (Wildman–Crippen LogP) is 5.01. The van der Waals surface area contributed by atoms with Gasteiger partial charge >= 0.3 is 0 Å². The third-order valence-electron chi connectivity index (χ3n) is 5.20. The summed E-state index contributed by atoms with van der Waals surface area (Å²) in [5.41, 5.74) is 1.95. The van der Waals surface area contributed by atoms with Gasteiger partial charge in [0.05, 0.1) is 25.9 Å². The fourth-order valence-electron chi connectivity index (χ4n) is 3.63. The van der Waals surface area contributed by atoms with Gasteiger partial charge in [0.25, 0.3) is 0 Å². The maximum absolute atomic E-state index is 10.8. The number of rotatable bonds is 12. The maximum Gasteiger partial charge on any atom is 0.186 e. The van der Waals surface area contributed by atoms with E-state index in [-0.39, 0.29) is 12.7 Å². The van der Waals surface area contributed by atoms with Crippen molar-refractivity contribution in [1.29, 1.82) is 0 Å². The molecule has 1 saturated heterocycles. The molecule has 1 aliphatic heterocycles. The zero-order chi connectivity index (χ0) is 23.8. The van der Waals surface area contributed by atoms with Crippen LogP contribution in [0.1, 0.15) is 31.9 Å². The van der Waals surface area contributed by atoms with Crippen molar-refractivity contribution in [2.45, 2.75) is 70.8 Å². The number of ether oxygens (including phenoxy) is 5. The largest absolute Gasteiger partial charge is 0.385 e. The van der Waals surface area contributed by atoms with Crippen LogP contribution in [0.25, 0.3) is 0 Å². The fraction of sp³-hybridized carbons (Fsp3) is 0.520. The smallest absolute Gasteiger partial charge is 0.186 e. The van der Waals surface area contributed by atoms with Crippen molar-refractivity contribution in [1.82, 2.24) is 0 Å². The van der Waals surface area contributed by atoms with Gasteiger partial charge < -0.3 is 28.8 Å². The summed E-state index contributed by atoms with van der Waals surface area (Å²) in [6, 6.07) is 14.9. The lowest BCUT2D eigenvalue weighted by atomic mass is 10.1. The highest BCUT2D eigenvalue weighted by molar-refractivity contribution is 6.30. The van der Waals surface area contributed by atoms with Crippen LogP contribution in [0.3, 0.4) is 0 Å². The topological polar surface area (TPSA) is 66.4 Å². The second-order valence-corrected chi connectivity index (χ2v) is 9.05. The molecule has 0 amide bonds. The van der Waals surface area contributed by atoms with Crippen LogP contribution in [0.5, 0.6) is 0 Å². The minimum absolute atomic E-state index is 0.108. The van der Waals surface area contributed by atoms with E-state index in [1.807, 2.05) is 69.3 Å². The summed E-state index contributed by atoms with van der Waals surface area (Å²) in [6.07, 6.45) is -3.52. The van der Waals surface area contributed by atoms with Gasteiger partial charge in [-0.05, 0) is 56.2 Å². The first kappa shape index (κ1) is 26.4. The molecule has 0 saturated carbocycles. The number of hydrogen-bond acceptors (Lipinski definition) is 6. The van der Waals surface area contributed by atoms with E-state index in [4.69, 9.17) is 46.9 Å². The Morgan fingerprint density at radius 2 is 1.52 bits per heavy atom. The number of aliphatic hydroxyl groups is 1. The summed E-state index contributed by atoms with van der Waals surface area (Å²) in [4.78, 5) is 0. The van der Waals surface area contributed by atoms with Crippen molar-refractivity contribution in [3.8, 4) is 0 Å². The molecule has 0 spiro atoms. The first-order valence-corrected chi connectivity index (χ1v) is 11.9. The molecular weight excluding hydrogens is 467 g/mol. The van der Waals surface area contributed by atoms with Gasteiger partial charge in [0.2, 0.25) is 0 Å². The average Bonchev–Trinajstić information content (AvgIpc) is 3.08. The molecule has 3 rings (SSSR count). The zero-order valence-electron chi connectivity index (χ0n) is 19.2. The summed E-state index contributed by atoms with van der Waals surface area (Å²) in [5.74, 6) is 0. The molecule has 2 aromatic carbocycles. The molecule has 0 aromatic heterocycles. The van der Waals surface area contributed by atoms with Gasteiger partial charge in [-0.2, -0.15) is 0 Å². The van der Waals surface area contributed by atoms with Crippen LogP contribution in [-0.4, -0.2) is 55.1 Å². The van der Waals surface area contributed by atoms with Crippen LogP contribution in [0.15, 0.2) is 48.5 Å². The lowest BCUT2D eigenvalue weighted by molar-refractivity contribution is -0.190. The molecular formula is C25H32Cl2O6. The molecule has 1 N–H and O–H groups in total. The minimum Gasteiger partial charge on any atom is -0.385 e. The lowest BCUT2D eigenvalue weighted by Crippen LogP contribution is -2.45. The van der Waals surface area contributed by atoms with E-state index in [1.54, 1.807) is 0 Å². The van der Waals surface area contributed by atoms with Crippen molar-refractivity contribution in [2.75, 3.05) is 13.2 Å². The van der Waals surface area contributed by atoms with E-state index in [9.17, 15) is 5.11 Å². The quantitative estimate of drug-likeness (QED) is 0.443. The molecule has 6 nitrogen and oxygen atoms in total. The van der Waals surface area contributed by atoms with Crippen molar-refractivity contribution < 1.29 is 28.8 Å². The van der Waals surface area contributed by atoms with Crippen molar-refractivity contribution in [3.63, 3.8) is 0 Å². The molecule has 1 heterocycles. The summed E-state index contributed by atoms with van der Waals surface area (Å²) < 4.78 is 29.9. The number of halogens is 2. The van der Waals surface area contributed by atoms with E-state index in [2.05, 4.69) is 0 Å². The first-order chi connectivity index (χ1) is 15.9. The molecule has 1 fully saturated rings. The standard InChI is InChI=1S/C25H32Cl2O6/c1-4-30-25-22(28)24(32-16(2)3)23(33-25)21(31-14-18-7-11-20(27)12-8-18)15-29-13-17-5-9-19(26)10-6-17/h5-12,16,21-25,28H,4,13-15H2,1-3H3/t21?,22-,23-,24-,25?/m1/s1. The monoisotopic (exact) mass is 498 g/mol. The van der Waals surface area contributed by atoms with Crippen LogP contribution in [0.4, 0.5) is 0 Å². The molecule has 8 heteroatoms. The molecule has 0 bridgehead atoms. The van der Waals surface area contributed by atoms with Crippen LogP contribution >= 0.6 is 23.2 Å². The van der Waals surface area contributed by atoms with Gasteiger partial charge in [0.15, 0.2) is 6.29 Å². The Bertz CT molecular complexity index is 830. The summed E-state index contributed by atoms with van der Waals surface area (Å²) in [6.45, 7) is 7.05. The van der Waals surface area contributed by atoms with Gasteiger partial charge in [0, 0.05) is 16.7 Å². The molecule has 5 atom stereocenters. The highest BCUT2D eigenvalue weighted by atomic mass is 35.5. The fourth-order valence-corrected chi connectivity index (χ4v) is 3.88. The van der Waals surface area contributed by atoms with E-state index in [0.717, 1.165) is 11.1 Å². The summed E-state index contributed by atoms with van der Waals surface area (Å²) in [5, 5.41) is 12.1. The summed E-state index contributed by atoms with van der Waals surface area (Å²) >= 11 is 12.0. The Morgan fingerprint density at radius 3 is 2.06 bits per heavy atom. The third-order valence-corrected chi connectivity index (χ3v) is 5.70. The van der Waals surface area contributed by atoms with Gasteiger partial charge in [-0.3, -0.25) is 0 Å². The molecule has 182 valence electrons. The van der Waals surface area contributed by atoms with Crippen LogP contribution in [-0.2, 0) is 36.9 Å². The Hall–Kier alpha value is -1.22. The number of hydrogen-bond donors (Lipinski definition) is 1. The second-order valence-electron chi connectivity index (χ2n) is 8.18. The van der Waals surface area contributed by atoms with Gasteiger partial charge in [-0.1, -0.05) is 47.5 Å². The van der Waals surface area contributed by atoms with Crippen molar-refractivity contribution in [2.24, 2.45) is 0 Å². The first-order valence-electron chi connectivity index (χ1n) is 11.2. The molecule has 2 aromatic rings. The van der Waals surface area contributed by atoms with Crippen LogP contribution in [0, 0.1) is 0 Å². The lowest BCUT2D eigenvalue weighted by Gasteiger charge is -2.29. The number of benzene rings is 2. The average molecular weight is 499 g/mol. The van der Waals surface area contributed by atoms with E-state index < -0.39 is 30.7 Å². The van der Waals surface area contributed by atoms with Crippen LogP contribution in [0.2, 0.25) is 10.0 Å². The SMILES string of the molecule is CCOC1O[C@H](C(COCc2ccc(Cl)cc2)OCc2ccc(Cl)cc2)[C@H](OC(C)C)[C@H]1O.